The molecule has 0 aliphatic heterocycles. The quantitative estimate of drug-likeness (QED) is 0.639. The summed E-state index contributed by atoms with van der Waals surface area (Å²) in [6.45, 7) is 0. The first-order valence-corrected chi connectivity index (χ1v) is 5.56. The number of nitrogens with one attached hydrogen (secondary N) is 1. The Kier molecular flexibility index (Phi) is 4.04. The van der Waals surface area contributed by atoms with E-state index in [1.165, 1.54) is 11.3 Å². The summed E-state index contributed by atoms with van der Waals surface area (Å²) in [5, 5.41) is 13.2. The average Bonchev–Trinajstić information content (AvgIpc) is 2.59. The molecule has 0 atom stereocenters. The summed E-state index contributed by atoms with van der Waals surface area (Å²) in [5.41, 5.74) is 5.70. The van der Waals surface area contributed by atoms with Crippen molar-refractivity contribution in [2.24, 2.45) is 5.73 Å². The normalized spacial score (nSPS) is 12.1. The predicted octanol–water partition coefficient (Wildman–Crippen LogP) is 1.07. The second kappa shape index (κ2) is 5.08. The number of aromatic nitrogens is 1. The van der Waals surface area contributed by atoms with E-state index < -0.39 is 4.92 Å². The lowest BCUT2D eigenvalue weighted by atomic mass is 10.3. The maximum atomic E-state index is 10.5. The molecule has 0 aromatic carbocycles. The molecule has 0 aliphatic carbocycles. The minimum Gasteiger partial charge on any atom is -0.384 e. The highest BCUT2D eigenvalue weighted by Gasteiger charge is 2.12. The number of hydrogen-bond donors (Lipinski definition) is 2. The van der Waals surface area contributed by atoms with Crippen LogP contribution in [0.4, 0.5) is 0 Å². The maximum Gasteiger partial charge on any atom is 0.333 e. The third-order valence-electron chi connectivity index (χ3n) is 1.68. The first-order valence-electron chi connectivity index (χ1n) is 3.95. The van der Waals surface area contributed by atoms with Crippen LogP contribution in [0.3, 0.4) is 0 Å². The molecular formula is C7H9BrN4O2S. The summed E-state index contributed by atoms with van der Waals surface area (Å²) in [6, 6.07) is 0. The Morgan fingerprint density at radius 3 is 2.93 bits per heavy atom. The number of nitro groups is 1. The summed E-state index contributed by atoms with van der Waals surface area (Å²) in [5.74, 6) is -0.359. The van der Waals surface area contributed by atoms with Crippen LogP contribution in [-0.4, -0.2) is 17.0 Å². The number of nitrogens with two attached hydrogens (primary N) is 1. The van der Waals surface area contributed by atoms with Gasteiger partial charge in [-0.1, -0.05) is 0 Å². The summed E-state index contributed by atoms with van der Waals surface area (Å²) < 4.78 is 0.743. The van der Waals surface area contributed by atoms with Gasteiger partial charge in [0, 0.05) is 24.5 Å². The first kappa shape index (κ1) is 11.9. The Labute approximate surface area is 98.5 Å². The third kappa shape index (κ3) is 3.17. The fourth-order valence-corrected chi connectivity index (χ4v) is 2.33. The molecule has 15 heavy (non-hydrogen) atoms. The molecule has 0 saturated carbocycles. The van der Waals surface area contributed by atoms with Crippen molar-refractivity contribution in [3.63, 3.8) is 0 Å². The van der Waals surface area contributed by atoms with Gasteiger partial charge in [0.05, 0.1) is 0 Å². The highest BCUT2D eigenvalue weighted by atomic mass is 79.9. The van der Waals surface area contributed by atoms with Crippen molar-refractivity contribution in [2.75, 3.05) is 7.05 Å². The van der Waals surface area contributed by atoms with E-state index in [1.807, 2.05) is 0 Å². The molecule has 8 heteroatoms. The fraction of sp³-hybridized carbons (Fsp3) is 0.286. The minimum absolute atomic E-state index is 0.359. The van der Waals surface area contributed by atoms with Crippen LogP contribution in [-0.2, 0) is 6.42 Å². The number of nitrogens with zero attached hydrogens (tertiary/aromatic N) is 2. The molecule has 1 heterocycles. The SMILES string of the molecule is CNC(Cc1cnc(Br)s1)=C(N)[N+](=O)[O-]. The second-order valence-electron chi connectivity index (χ2n) is 2.63. The van der Waals surface area contributed by atoms with Gasteiger partial charge in [0.1, 0.15) is 5.70 Å². The highest BCUT2D eigenvalue weighted by molar-refractivity contribution is 9.11. The molecule has 0 bridgehead atoms. The number of halogens is 1. The lowest BCUT2D eigenvalue weighted by molar-refractivity contribution is -0.428. The van der Waals surface area contributed by atoms with Crippen molar-refractivity contribution in [3.05, 3.63) is 36.6 Å². The van der Waals surface area contributed by atoms with Gasteiger partial charge >= 0.3 is 5.82 Å². The highest BCUT2D eigenvalue weighted by Crippen LogP contribution is 2.20. The lowest BCUT2D eigenvalue weighted by Gasteiger charge is -2.04. The number of thiazole rings is 1. The average molecular weight is 293 g/mol. The monoisotopic (exact) mass is 292 g/mol. The summed E-state index contributed by atoms with van der Waals surface area (Å²) in [7, 11) is 1.60. The molecule has 0 spiro atoms. The van der Waals surface area contributed by atoms with Gasteiger partial charge in [-0.05, 0) is 20.9 Å². The molecule has 0 fully saturated rings. The Morgan fingerprint density at radius 1 is 1.87 bits per heavy atom. The van der Waals surface area contributed by atoms with Gasteiger partial charge in [-0.2, -0.15) is 0 Å². The molecule has 1 aromatic rings. The standard InChI is InChI=1S/C7H9BrN4O2S/c1-10-5(6(9)12(13)14)2-4-3-11-7(8)15-4/h3,10H,2,9H2,1H3. The molecule has 1 aromatic heterocycles. The van der Waals surface area contributed by atoms with E-state index in [9.17, 15) is 10.1 Å². The largest absolute Gasteiger partial charge is 0.384 e. The minimum atomic E-state index is -0.609. The van der Waals surface area contributed by atoms with Crippen molar-refractivity contribution in [1.82, 2.24) is 10.3 Å². The Bertz CT molecular complexity index is 403. The van der Waals surface area contributed by atoms with E-state index in [4.69, 9.17) is 5.73 Å². The van der Waals surface area contributed by atoms with Crippen molar-refractivity contribution in [3.8, 4) is 0 Å². The molecule has 0 unspecified atom stereocenters. The molecule has 0 amide bonds. The smallest absolute Gasteiger partial charge is 0.333 e. The first-order chi connectivity index (χ1) is 7.04. The summed E-state index contributed by atoms with van der Waals surface area (Å²) >= 11 is 4.63. The van der Waals surface area contributed by atoms with Gasteiger partial charge in [0.2, 0.25) is 0 Å². The molecule has 0 aliphatic rings. The van der Waals surface area contributed by atoms with Crippen LogP contribution in [0.2, 0.25) is 0 Å². The molecule has 6 nitrogen and oxygen atoms in total. The predicted molar refractivity (Wildman–Crippen MR) is 60.8 cm³/mol. The molecule has 1 rings (SSSR count). The zero-order chi connectivity index (χ0) is 11.4. The van der Waals surface area contributed by atoms with Crippen LogP contribution in [0.5, 0.6) is 0 Å². The Balaban J connectivity index is 2.87. The summed E-state index contributed by atoms with van der Waals surface area (Å²) in [6.07, 6.45) is 2.03. The lowest BCUT2D eigenvalue weighted by Crippen LogP contribution is -2.21. The number of hydrogen-bond acceptors (Lipinski definition) is 6. The van der Waals surface area contributed by atoms with Crippen LogP contribution < -0.4 is 11.1 Å². The maximum absolute atomic E-state index is 10.5. The van der Waals surface area contributed by atoms with Crippen LogP contribution in [0.25, 0.3) is 0 Å². The number of rotatable bonds is 4. The number of allylic oxidation sites excluding steroid dienone is 1. The Morgan fingerprint density at radius 2 is 2.53 bits per heavy atom. The van der Waals surface area contributed by atoms with Crippen molar-refractivity contribution in [1.29, 1.82) is 0 Å². The number of likely N-dealkylation sites (N-methyl/N-ethyl adjacent to an activating group) is 1. The van der Waals surface area contributed by atoms with E-state index >= 15 is 0 Å². The van der Waals surface area contributed by atoms with Gasteiger partial charge in [0.25, 0.3) is 0 Å². The molecule has 82 valence electrons. The van der Waals surface area contributed by atoms with Gasteiger partial charge < -0.3 is 15.4 Å². The van der Waals surface area contributed by atoms with Crippen molar-refractivity contribution < 1.29 is 4.92 Å². The van der Waals surface area contributed by atoms with E-state index in [0.29, 0.717) is 12.1 Å². The fourth-order valence-electron chi connectivity index (χ4n) is 0.957. The van der Waals surface area contributed by atoms with Crippen molar-refractivity contribution >= 4 is 27.3 Å². The van der Waals surface area contributed by atoms with Gasteiger partial charge in [-0.25, -0.2) is 4.98 Å². The molecule has 0 saturated heterocycles. The van der Waals surface area contributed by atoms with Gasteiger partial charge in [0.15, 0.2) is 3.92 Å². The van der Waals surface area contributed by atoms with Gasteiger partial charge in [-0.15, -0.1) is 11.3 Å². The molecule has 0 radical (unpaired) electrons. The molecule has 3 N–H and O–H groups in total. The summed E-state index contributed by atoms with van der Waals surface area (Å²) in [4.78, 5) is 14.7. The second-order valence-corrected chi connectivity index (χ2v) is 5.02. The van der Waals surface area contributed by atoms with E-state index in [-0.39, 0.29) is 5.82 Å². The van der Waals surface area contributed by atoms with Crippen LogP contribution in [0.1, 0.15) is 4.88 Å². The van der Waals surface area contributed by atoms with Crippen LogP contribution in [0, 0.1) is 10.1 Å². The zero-order valence-electron chi connectivity index (χ0n) is 7.86. The van der Waals surface area contributed by atoms with E-state index in [0.717, 1.165) is 8.79 Å². The third-order valence-corrected chi connectivity index (χ3v) is 3.16. The van der Waals surface area contributed by atoms with Crippen LogP contribution in [0.15, 0.2) is 21.6 Å². The van der Waals surface area contributed by atoms with Gasteiger partial charge in [-0.3, -0.25) is 5.73 Å². The van der Waals surface area contributed by atoms with Crippen molar-refractivity contribution in [2.45, 2.75) is 6.42 Å². The topological polar surface area (TPSA) is 94.1 Å². The molecular weight excluding hydrogens is 284 g/mol. The Hall–Kier alpha value is -1.15. The van der Waals surface area contributed by atoms with E-state index in [2.05, 4.69) is 26.2 Å². The zero-order valence-corrected chi connectivity index (χ0v) is 10.3. The van der Waals surface area contributed by atoms with Crippen LogP contribution >= 0.6 is 27.3 Å². The van der Waals surface area contributed by atoms with E-state index in [1.54, 1.807) is 13.2 Å².